The van der Waals surface area contributed by atoms with Gasteiger partial charge in [-0.2, -0.15) is 5.26 Å². The first-order valence-electron chi connectivity index (χ1n) is 10.8. The molecule has 0 spiro atoms. The Labute approximate surface area is 208 Å². The van der Waals surface area contributed by atoms with Crippen LogP contribution in [0.1, 0.15) is 31.8 Å². The number of hydrogen-bond donors (Lipinski definition) is 0. The van der Waals surface area contributed by atoms with Crippen LogP contribution in [-0.2, 0) is 9.68 Å². The molecule has 0 N–H and O–H groups in total. The molecule has 0 heterocycles. The predicted octanol–water partition coefficient (Wildman–Crippen LogP) is 5.65. The van der Waals surface area contributed by atoms with E-state index in [1.807, 2.05) is 48.5 Å². The van der Waals surface area contributed by atoms with E-state index in [0.29, 0.717) is 16.7 Å². The highest BCUT2D eigenvalue weighted by atomic mass is 16.7. The smallest absolute Gasteiger partial charge is 0.313 e. The number of carbonyl (C=O) groups is 2. The van der Waals surface area contributed by atoms with Crippen molar-refractivity contribution in [1.82, 2.24) is 0 Å². The van der Waals surface area contributed by atoms with Crippen molar-refractivity contribution >= 4 is 23.9 Å². The number of rotatable bonds is 6. The monoisotopic (exact) mass is 475 g/mol. The van der Waals surface area contributed by atoms with E-state index >= 15 is 0 Å². The van der Waals surface area contributed by atoms with Crippen LogP contribution in [0.5, 0.6) is 0 Å². The highest BCUT2D eigenvalue weighted by Gasteiger charge is 2.08. The SMILES string of the molecule is N#C/C(=N\OC(=O)c1ccccc1)c1ccccc1.O=C(O/N=C/c1ccccc1)c1ccccc1. The van der Waals surface area contributed by atoms with Gasteiger partial charge in [0.25, 0.3) is 0 Å². The van der Waals surface area contributed by atoms with E-state index in [1.54, 1.807) is 78.9 Å². The van der Waals surface area contributed by atoms with Gasteiger partial charge in [-0.1, -0.05) is 107 Å². The molecule has 36 heavy (non-hydrogen) atoms. The number of oxime groups is 2. The summed E-state index contributed by atoms with van der Waals surface area (Å²) in [6.45, 7) is 0. The van der Waals surface area contributed by atoms with Crippen LogP contribution in [0.2, 0.25) is 0 Å². The molecule has 176 valence electrons. The first-order valence-corrected chi connectivity index (χ1v) is 10.8. The summed E-state index contributed by atoms with van der Waals surface area (Å²) in [7, 11) is 0. The van der Waals surface area contributed by atoms with Crippen molar-refractivity contribution in [3.05, 3.63) is 144 Å². The lowest BCUT2D eigenvalue weighted by Gasteiger charge is -1.99. The van der Waals surface area contributed by atoms with Crippen molar-refractivity contribution in [2.45, 2.75) is 0 Å². The predicted molar refractivity (Wildman–Crippen MR) is 136 cm³/mol. The summed E-state index contributed by atoms with van der Waals surface area (Å²) in [4.78, 5) is 32.7. The van der Waals surface area contributed by atoms with Crippen molar-refractivity contribution in [3.8, 4) is 6.07 Å². The number of benzene rings is 4. The second kappa shape index (κ2) is 14.0. The molecule has 0 radical (unpaired) electrons. The summed E-state index contributed by atoms with van der Waals surface area (Å²) in [5, 5.41) is 16.2. The average molecular weight is 476 g/mol. The molecule has 4 aromatic rings. The summed E-state index contributed by atoms with van der Waals surface area (Å²) in [5.41, 5.74) is 2.42. The Balaban J connectivity index is 0.000000202. The Kier molecular flexibility index (Phi) is 9.85. The minimum absolute atomic E-state index is 0.0601. The quantitative estimate of drug-likeness (QED) is 0.204. The Bertz CT molecular complexity index is 1350. The molecule has 0 fully saturated rings. The van der Waals surface area contributed by atoms with E-state index in [0.717, 1.165) is 5.56 Å². The average Bonchev–Trinajstić information content (AvgIpc) is 2.95. The molecule has 0 atom stereocenters. The molecule has 4 rings (SSSR count). The van der Waals surface area contributed by atoms with Gasteiger partial charge in [-0.15, -0.1) is 0 Å². The topological polar surface area (TPSA) is 101 Å². The third-order valence-electron chi connectivity index (χ3n) is 4.53. The van der Waals surface area contributed by atoms with Gasteiger partial charge in [-0.3, -0.25) is 0 Å². The van der Waals surface area contributed by atoms with Crippen LogP contribution in [0.15, 0.2) is 132 Å². The third-order valence-corrected chi connectivity index (χ3v) is 4.53. The van der Waals surface area contributed by atoms with Gasteiger partial charge >= 0.3 is 11.9 Å². The highest BCUT2D eigenvalue weighted by Crippen LogP contribution is 2.05. The van der Waals surface area contributed by atoms with Crippen LogP contribution >= 0.6 is 0 Å². The molecule has 0 unspecified atom stereocenters. The van der Waals surface area contributed by atoms with Crippen LogP contribution in [0.4, 0.5) is 0 Å². The zero-order chi connectivity index (χ0) is 25.4. The molecule has 7 heteroatoms. The summed E-state index contributed by atoms with van der Waals surface area (Å²) in [5.74, 6) is -1.05. The number of nitriles is 1. The lowest BCUT2D eigenvalue weighted by atomic mass is 10.1. The van der Waals surface area contributed by atoms with E-state index in [9.17, 15) is 9.59 Å². The molecule has 0 bridgehead atoms. The van der Waals surface area contributed by atoms with Gasteiger partial charge in [0.1, 0.15) is 6.07 Å². The maximum Gasteiger partial charge on any atom is 0.365 e. The van der Waals surface area contributed by atoms with E-state index in [4.69, 9.17) is 14.9 Å². The largest absolute Gasteiger partial charge is 0.365 e. The molecular formula is C29H21N3O4. The fourth-order valence-electron chi connectivity index (χ4n) is 2.75. The van der Waals surface area contributed by atoms with E-state index in [2.05, 4.69) is 10.3 Å². The van der Waals surface area contributed by atoms with Crippen LogP contribution in [0.3, 0.4) is 0 Å². The van der Waals surface area contributed by atoms with Gasteiger partial charge in [0.15, 0.2) is 5.71 Å². The Morgan fingerprint density at radius 3 is 1.50 bits per heavy atom. The summed E-state index contributed by atoms with van der Waals surface area (Å²) < 4.78 is 0. The Hall–Kier alpha value is -5.35. The van der Waals surface area contributed by atoms with Crippen molar-refractivity contribution < 1.29 is 19.3 Å². The third kappa shape index (κ3) is 8.21. The van der Waals surface area contributed by atoms with Gasteiger partial charge in [0, 0.05) is 5.56 Å². The fraction of sp³-hybridized carbons (Fsp3) is 0. The molecule has 4 aromatic carbocycles. The van der Waals surface area contributed by atoms with Gasteiger partial charge in [-0.05, 0) is 29.8 Å². The van der Waals surface area contributed by atoms with Gasteiger partial charge in [0.2, 0.25) is 0 Å². The maximum absolute atomic E-state index is 11.7. The lowest BCUT2D eigenvalue weighted by molar-refractivity contribution is 0.0509. The normalized spacial score (nSPS) is 10.5. The fourth-order valence-corrected chi connectivity index (χ4v) is 2.75. The van der Waals surface area contributed by atoms with Crippen molar-refractivity contribution in [1.29, 1.82) is 5.26 Å². The van der Waals surface area contributed by atoms with Gasteiger partial charge < -0.3 is 9.68 Å². The Morgan fingerprint density at radius 1 is 0.611 bits per heavy atom. The van der Waals surface area contributed by atoms with E-state index < -0.39 is 11.9 Å². The summed E-state index contributed by atoms with van der Waals surface area (Å²) in [6.07, 6.45) is 1.50. The van der Waals surface area contributed by atoms with Crippen molar-refractivity contribution in [3.63, 3.8) is 0 Å². The molecule has 0 aromatic heterocycles. The molecule has 0 saturated carbocycles. The molecule has 0 amide bonds. The standard InChI is InChI=1S/C15H10N2O2.C14H11NO2/c16-11-14(12-7-3-1-4-8-12)17-19-15(18)13-9-5-2-6-10-13;16-14(13-9-5-2-6-10-13)17-15-11-12-7-3-1-4-8-12/h1-10H;1-11H/b17-14+;15-11+. The molecule has 0 aliphatic heterocycles. The van der Waals surface area contributed by atoms with Crippen LogP contribution < -0.4 is 0 Å². The minimum atomic E-state index is -0.593. The first kappa shape index (κ1) is 25.3. The van der Waals surface area contributed by atoms with Gasteiger partial charge in [0.05, 0.1) is 17.3 Å². The van der Waals surface area contributed by atoms with Crippen LogP contribution in [0.25, 0.3) is 0 Å². The number of hydrogen-bond acceptors (Lipinski definition) is 7. The Morgan fingerprint density at radius 2 is 1.03 bits per heavy atom. The lowest BCUT2D eigenvalue weighted by Crippen LogP contribution is -2.04. The minimum Gasteiger partial charge on any atom is -0.313 e. The van der Waals surface area contributed by atoms with Crippen LogP contribution in [-0.4, -0.2) is 23.9 Å². The van der Waals surface area contributed by atoms with E-state index in [-0.39, 0.29) is 5.71 Å². The molecule has 7 nitrogen and oxygen atoms in total. The zero-order valence-corrected chi connectivity index (χ0v) is 19.1. The first-order chi connectivity index (χ1) is 17.7. The number of carbonyl (C=O) groups excluding carboxylic acids is 2. The summed E-state index contributed by atoms with van der Waals surface area (Å²) >= 11 is 0. The van der Waals surface area contributed by atoms with Crippen molar-refractivity contribution in [2.75, 3.05) is 0 Å². The van der Waals surface area contributed by atoms with Crippen molar-refractivity contribution in [2.24, 2.45) is 10.3 Å². The molecule has 0 saturated heterocycles. The highest BCUT2D eigenvalue weighted by molar-refractivity contribution is 6.11. The summed E-state index contributed by atoms with van der Waals surface area (Å²) in [6, 6.07) is 37.4. The maximum atomic E-state index is 11.7. The molecule has 0 aliphatic rings. The molecular weight excluding hydrogens is 454 g/mol. The van der Waals surface area contributed by atoms with Gasteiger partial charge in [-0.25, -0.2) is 9.59 Å². The molecule has 0 aliphatic carbocycles. The second-order valence-electron chi connectivity index (χ2n) is 7.05. The zero-order valence-electron chi connectivity index (χ0n) is 19.1. The van der Waals surface area contributed by atoms with Crippen LogP contribution in [0, 0.1) is 11.3 Å². The second-order valence-corrected chi connectivity index (χ2v) is 7.05. The number of nitrogens with zero attached hydrogens (tertiary/aromatic N) is 3. The van der Waals surface area contributed by atoms with E-state index in [1.165, 1.54) is 6.21 Å².